The third-order valence-corrected chi connectivity index (χ3v) is 10.1. The van der Waals surface area contributed by atoms with Crippen LogP contribution in [0.2, 0.25) is 0 Å². The highest BCUT2D eigenvalue weighted by Gasteiger charge is 2.22. The van der Waals surface area contributed by atoms with Gasteiger partial charge in [-0.15, -0.1) is 0 Å². The number of hydrogen-bond donors (Lipinski definition) is 0. The Morgan fingerprint density at radius 3 is 1.44 bits per heavy atom. The van der Waals surface area contributed by atoms with Crippen molar-refractivity contribution < 1.29 is 8.83 Å². The van der Waals surface area contributed by atoms with Gasteiger partial charge in [-0.3, -0.25) is 0 Å². The molecule has 242 valence electrons. The highest BCUT2D eigenvalue weighted by Crippen LogP contribution is 2.48. The predicted molar refractivity (Wildman–Crippen MR) is 213 cm³/mol. The molecule has 10 aromatic rings. The van der Waals surface area contributed by atoms with Crippen LogP contribution in [-0.4, -0.2) is 0 Å². The monoisotopic (exact) mass is 663 g/mol. The van der Waals surface area contributed by atoms with Gasteiger partial charge in [-0.1, -0.05) is 127 Å². The minimum absolute atomic E-state index is 0.636. The first-order valence-corrected chi connectivity index (χ1v) is 17.4. The van der Waals surface area contributed by atoms with Gasteiger partial charge in [0.15, 0.2) is 0 Å². The van der Waals surface area contributed by atoms with Crippen LogP contribution in [0.4, 0.5) is 0 Å². The van der Waals surface area contributed by atoms with Crippen molar-refractivity contribution in [3.63, 3.8) is 0 Å². The van der Waals surface area contributed by atoms with Gasteiger partial charge >= 0.3 is 0 Å². The molecule has 0 saturated carbocycles. The summed E-state index contributed by atoms with van der Waals surface area (Å²) in [7, 11) is 0. The summed E-state index contributed by atoms with van der Waals surface area (Å²) in [5.41, 5.74) is 14.6. The lowest BCUT2D eigenvalue weighted by Crippen LogP contribution is -1.94. The van der Waals surface area contributed by atoms with E-state index in [1.54, 1.807) is 0 Å². The standard InChI is InChI=1S/C49H29NO2/c50-30-32-15-4-5-16-36(32)34-27-33(31-13-2-1-3-14-31)28-35(29-34)47-37(39-21-11-25-45-48(39)41-17-6-8-23-43(41)51-45)19-10-20-38(47)40-22-12-26-46-49(40)42-18-7-9-24-44(42)52-46/h1-29H. The summed E-state index contributed by atoms with van der Waals surface area (Å²) >= 11 is 0. The van der Waals surface area contributed by atoms with Gasteiger partial charge in [-0.25, -0.2) is 0 Å². The first kappa shape index (κ1) is 29.7. The van der Waals surface area contributed by atoms with E-state index in [0.29, 0.717) is 5.56 Å². The Kier molecular flexibility index (Phi) is 6.87. The molecule has 0 amide bonds. The average molecular weight is 664 g/mol. The lowest BCUT2D eigenvalue weighted by atomic mass is 9.83. The molecule has 0 aliphatic carbocycles. The number of para-hydroxylation sites is 2. The maximum absolute atomic E-state index is 10.2. The molecule has 10 rings (SSSR count). The van der Waals surface area contributed by atoms with Crippen LogP contribution >= 0.6 is 0 Å². The molecule has 8 aromatic carbocycles. The summed E-state index contributed by atoms with van der Waals surface area (Å²) in [6, 6.07) is 63.2. The van der Waals surface area contributed by atoms with Crippen molar-refractivity contribution >= 4 is 43.9 Å². The van der Waals surface area contributed by atoms with Gasteiger partial charge in [0, 0.05) is 21.5 Å². The summed E-state index contributed by atoms with van der Waals surface area (Å²) < 4.78 is 12.8. The summed E-state index contributed by atoms with van der Waals surface area (Å²) in [5, 5.41) is 14.5. The van der Waals surface area contributed by atoms with Crippen LogP contribution in [0.5, 0.6) is 0 Å². The SMILES string of the molecule is N#Cc1ccccc1-c1cc(-c2ccccc2)cc(-c2c(-c3cccc4oc5ccccc5c34)cccc2-c2cccc3oc4ccccc4c23)c1. The first-order chi connectivity index (χ1) is 25.7. The summed E-state index contributed by atoms with van der Waals surface area (Å²) in [4.78, 5) is 0. The Bertz CT molecular complexity index is 2900. The number of hydrogen-bond acceptors (Lipinski definition) is 3. The second kappa shape index (κ2) is 12.0. The van der Waals surface area contributed by atoms with Crippen molar-refractivity contribution in [2.45, 2.75) is 0 Å². The number of fused-ring (bicyclic) bond motifs is 6. The van der Waals surface area contributed by atoms with Gasteiger partial charge in [0.2, 0.25) is 0 Å². The average Bonchev–Trinajstić information content (AvgIpc) is 3.79. The third kappa shape index (κ3) is 4.74. The van der Waals surface area contributed by atoms with Crippen molar-refractivity contribution in [3.05, 3.63) is 181 Å². The Labute approximate surface area is 300 Å². The molecule has 0 saturated heterocycles. The normalized spacial score (nSPS) is 11.4. The molecule has 0 aliphatic heterocycles. The van der Waals surface area contributed by atoms with Crippen LogP contribution in [0.15, 0.2) is 185 Å². The summed E-state index contributed by atoms with van der Waals surface area (Å²) in [5.74, 6) is 0. The topological polar surface area (TPSA) is 50.1 Å². The van der Waals surface area contributed by atoms with Gasteiger partial charge < -0.3 is 8.83 Å². The van der Waals surface area contributed by atoms with E-state index in [-0.39, 0.29) is 0 Å². The fourth-order valence-corrected chi connectivity index (χ4v) is 7.87. The molecule has 0 spiro atoms. The summed E-state index contributed by atoms with van der Waals surface area (Å²) in [6.45, 7) is 0. The fraction of sp³-hybridized carbons (Fsp3) is 0. The molecular weight excluding hydrogens is 635 g/mol. The Morgan fingerprint density at radius 2 is 0.808 bits per heavy atom. The Morgan fingerprint density at radius 1 is 0.346 bits per heavy atom. The highest BCUT2D eigenvalue weighted by molar-refractivity contribution is 6.17. The van der Waals surface area contributed by atoms with Crippen molar-refractivity contribution in [3.8, 4) is 61.7 Å². The van der Waals surface area contributed by atoms with Gasteiger partial charge in [-0.05, 0) is 104 Å². The van der Waals surface area contributed by atoms with Gasteiger partial charge in [0.05, 0.1) is 11.6 Å². The molecular formula is C49H29NO2. The van der Waals surface area contributed by atoms with E-state index in [1.165, 1.54) is 0 Å². The van der Waals surface area contributed by atoms with E-state index < -0.39 is 0 Å². The van der Waals surface area contributed by atoms with Crippen LogP contribution < -0.4 is 0 Å². The molecule has 2 heterocycles. The van der Waals surface area contributed by atoms with E-state index >= 15 is 0 Å². The lowest BCUT2D eigenvalue weighted by molar-refractivity contribution is 0.668. The molecule has 0 N–H and O–H groups in total. The maximum Gasteiger partial charge on any atom is 0.136 e. The number of rotatable bonds is 5. The zero-order valence-electron chi connectivity index (χ0n) is 28.0. The Balaban J connectivity index is 1.36. The van der Waals surface area contributed by atoms with Crippen LogP contribution in [0.3, 0.4) is 0 Å². The zero-order valence-corrected chi connectivity index (χ0v) is 28.0. The summed E-state index contributed by atoms with van der Waals surface area (Å²) in [6.07, 6.45) is 0. The maximum atomic E-state index is 10.2. The molecule has 3 heteroatoms. The number of nitrogens with zero attached hydrogens (tertiary/aromatic N) is 1. The van der Waals surface area contributed by atoms with Crippen LogP contribution in [0, 0.1) is 11.3 Å². The van der Waals surface area contributed by atoms with E-state index in [4.69, 9.17) is 8.83 Å². The molecule has 2 aromatic heterocycles. The molecule has 0 unspecified atom stereocenters. The van der Waals surface area contributed by atoms with Crippen LogP contribution in [-0.2, 0) is 0 Å². The molecule has 0 atom stereocenters. The van der Waals surface area contributed by atoms with Gasteiger partial charge in [0.25, 0.3) is 0 Å². The van der Waals surface area contributed by atoms with E-state index in [1.807, 2.05) is 66.7 Å². The largest absolute Gasteiger partial charge is 0.456 e. The second-order valence-electron chi connectivity index (χ2n) is 13.1. The van der Waals surface area contributed by atoms with E-state index in [0.717, 1.165) is 99.5 Å². The Hall–Kier alpha value is -7.15. The van der Waals surface area contributed by atoms with Gasteiger partial charge in [0.1, 0.15) is 22.3 Å². The van der Waals surface area contributed by atoms with Crippen molar-refractivity contribution in [2.75, 3.05) is 0 Å². The van der Waals surface area contributed by atoms with Crippen molar-refractivity contribution in [1.29, 1.82) is 5.26 Å². The minimum Gasteiger partial charge on any atom is -0.456 e. The molecule has 0 aliphatic rings. The first-order valence-electron chi connectivity index (χ1n) is 17.4. The van der Waals surface area contributed by atoms with Crippen LogP contribution in [0.25, 0.3) is 99.5 Å². The predicted octanol–water partition coefficient (Wildman–Crippen LogP) is 13.7. The zero-order chi connectivity index (χ0) is 34.6. The van der Waals surface area contributed by atoms with E-state index in [9.17, 15) is 5.26 Å². The number of benzene rings is 8. The number of nitriles is 1. The molecule has 0 radical (unpaired) electrons. The third-order valence-electron chi connectivity index (χ3n) is 10.1. The van der Waals surface area contributed by atoms with Crippen molar-refractivity contribution in [2.24, 2.45) is 0 Å². The highest BCUT2D eigenvalue weighted by atomic mass is 16.3. The smallest absolute Gasteiger partial charge is 0.136 e. The molecule has 3 nitrogen and oxygen atoms in total. The second-order valence-corrected chi connectivity index (χ2v) is 13.1. The fourth-order valence-electron chi connectivity index (χ4n) is 7.87. The molecule has 0 bridgehead atoms. The van der Waals surface area contributed by atoms with E-state index in [2.05, 4.69) is 115 Å². The van der Waals surface area contributed by atoms with Crippen molar-refractivity contribution in [1.82, 2.24) is 0 Å². The molecule has 52 heavy (non-hydrogen) atoms. The van der Waals surface area contributed by atoms with Crippen LogP contribution in [0.1, 0.15) is 5.56 Å². The minimum atomic E-state index is 0.636. The molecule has 0 fully saturated rings. The quantitative estimate of drug-likeness (QED) is 0.184. The number of furan rings is 2. The lowest BCUT2D eigenvalue weighted by Gasteiger charge is -2.20. The van der Waals surface area contributed by atoms with Gasteiger partial charge in [-0.2, -0.15) is 5.26 Å².